The quantitative estimate of drug-likeness (QED) is 0.823. The van der Waals surface area contributed by atoms with Crippen LogP contribution in [-0.2, 0) is 10.0 Å². The number of sulfonamides is 1. The number of nitriles is 1. The van der Waals surface area contributed by atoms with Crippen molar-refractivity contribution in [2.75, 3.05) is 27.7 Å². The van der Waals surface area contributed by atoms with Crippen LogP contribution in [0.15, 0.2) is 17.0 Å². The van der Waals surface area contributed by atoms with Crippen molar-refractivity contribution in [3.8, 4) is 6.07 Å². The van der Waals surface area contributed by atoms with Crippen LogP contribution < -0.4 is 0 Å². The van der Waals surface area contributed by atoms with E-state index in [0.29, 0.717) is 17.7 Å². The normalized spacial score (nSPS) is 11.3. The smallest absolute Gasteiger partial charge is 0.253 e. The summed E-state index contributed by atoms with van der Waals surface area (Å²) in [7, 11) is 0.886. The van der Waals surface area contributed by atoms with Gasteiger partial charge in [0.15, 0.2) is 0 Å². The summed E-state index contributed by atoms with van der Waals surface area (Å²) in [6.07, 6.45) is 0.232. The predicted octanol–water partition coefficient (Wildman–Crippen LogP) is 1.54. The number of rotatable bonds is 5. The lowest BCUT2D eigenvalue weighted by Crippen LogP contribution is -2.29. The zero-order valence-electron chi connectivity index (χ0n) is 13.5. The molecule has 1 aromatic carbocycles. The predicted molar refractivity (Wildman–Crippen MR) is 84.0 cm³/mol. The Morgan fingerprint density at radius 1 is 1.23 bits per heavy atom. The highest BCUT2D eigenvalue weighted by Crippen LogP contribution is 2.24. The summed E-state index contributed by atoms with van der Waals surface area (Å²) < 4.78 is 25.9. The second-order valence-corrected chi connectivity index (χ2v) is 7.46. The number of carbonyl (C=O) groups excluding carboxylic acids is 1. The lowest BCUT2D eigenvalue weighted by atomic mass is 10.1. The molecule has 0 aliphatic heterocycles. The molecule has 7 heteroatoms. The van der Waals surface area contributed by atoms with Crippen LogP contribution in [0.1, 0.15) is 27.9 Å². The molecule has 1 amide bonds. The van der Waals surface area contributed by atoms with Gasteiger partial charge in [-0.2, -0.15) is 5.26 Å². The van der Waals surface area contributed by atoms with Gasteiger partial charge >= 0.3 is 0 Å². The summed E-state index contributed by atoms with van der Waals surface area (Å²) in [6, 6.07) is 5.06. The number of amides is 1. The van der Waals surface area contributed by atoms with E-state index in [1.807, 2.05) is 6.07 Å². The Hall–Kier alpha value is -1.91. The van der Waals surface area contributed by atoms with Gasteiger partial charge < -0.3 is 4.90 Å². The van der Waals surface area contributed by atoms with Gasteiger partial charge in [0.25, 0.3) is 5.91 Å². The molecular formula is C15H21N3O3S. The average molecular weight is 323 g/mol. The molecule has 0 aromatic heterocycles. The molecule has 6 nitrogen and oxygen atoms in total. The van der Waals surface area contributed by atoms with Crippen LogP contribution in [0.25, 0.3) is 0 Å². The third kappa shape index (κ3) is 3.64. The van der Waals surface area contributed by atoms with Crippen LogP contribution in [0.5, 0.6) is 0 Å². The largest absolute Gasteiger partial charge is 0.341 e. The lowest BCUT2D eigenvalue weighted by molar-refractivity contribution is 0.0797. The molecular weight excluding hydrogens is 302 g/mol. The maximum Gasteiger partial charge on any atom is 0.253 e. The van der Waals surface area contributed by atoms with Crippen LogP contribution in [0.3, 0.4) is 0 Å². The molecule has 0 saturated heterocycles. The van der Waals surface area contributed by atoms with Gasteiger partial charge in [-0.15, -0.1) is 0 Å². The first-order valence-corrected chi connectivity index (χ1v) is 8.23. The fraction of sp³-hybridized carbons (Fsp3) is 0.467. The molecule has 120 valence electrons. The van der Waals surface area contributed by atoms with E-state index in [1.54, 1.807) is 27.0 Å². The molecule has 0 aliphatic rings. The van der Waals surface area contributed by atoms with E-state index >= 15 is 0 Å². The summed E-state index contributed by atoms with van der Waals surface area (Å²) in [5.74, 6) is -0.298. The first-order chi connectivity index (χ1) is 10.1. The monoisotopic (exact) mass is 323 g/mol. The van der Waals surface area contributed by atoms with Gasteiger partial charge in [-0.3, -0.25) is 4.79 Å². The Balaban J connectivity index is 3.34. The van der Waals surface area contributed by atoms with Crippen molar-refractivity contribution < 1.29 is 13.2 Å². The molecule has 0 aliphatic carbocycles. The topological polar surface area (TPSA) is 81.5 Å². The van der Waals surface area contributed by atoms with Crippen LogP contribution >= 0.6 is 0 Å². The van der Waals surface area contributed by atoms with Gasteiger partial charge in [-0.25, -0.2) is 12.7 Å². The summed E-state index contributed by atoms with van der Waals surface area (Å²) in [6.45, 7) is 3.80. The molecule has 0 atom stereocenters. The zero-order chi connectivity index (χ0) is 17.1. The number of hydrogen-bond donors (Lipinski definition) is 0. The SMILES string of the molecule is Cc1cc(C(=O)N(C)CCC#N)cc(S(=O)(=O)N(C)C)c1C. The highest BCUT2D eigenvalue weighted by molar-refractivity contribution is 7.89. The molecule has 0 heterocycles. The number of hydrogen-bond acceptors (Lipinski definition) is 4. The van der Waals surface area contributed by atoms with Crippen molar-refractivity contribution in [3.05, 3.63) is 28.8 Å². The summed E-state index contributed by atoms with van der Waals surface area (Å²) in [5, 5.41) is 8.59. The van der Waals surface area contributed by atoms with Crippen molar-refractivity contribution in [1.82, 2.24) is 9.21 Å². The Bertz CT molecular complexity index is 718. The van der Waals surface area contributed by atoms with Gasteiger partial charge in [0.05, 0.1) is 17.4 Å². The first-order valence-electron chi connectivity index (χ1n) is 6.79. The molecule has 0 saturated carbocycles. The molecule has 0 fully saturated rings. The fourth-order valence-corrected chi connectivity index (χ4v) is 3.17. The maximum absolute atomic E-state index is 12.4. The van der Waals surface area contributed by atoms with Crippen molar-refractivity contribution in [2.45, 2.75) is 25.2 Å². The fourth-order valence-electron chi connectivity index (χ4n) is 1.95. The van der Waals surface area contributed by atoms with Crippen LogP contribution in [0, 0.1) is 25.2 Å². The van der Waals surface area contributed by atoms with Crippen LogP contribution in [0.4, 0.5) is 0 Å². The molecule has 0 N–H and O–H groups in total. The minimum Gasteiger partial charge on any atom is -0.341 e. The summed E-state index contributed by atoms with van der Waals surface area (Å²) >= 11 is 0. The van der Waals surface area contributed by atoms with E-state index in [2.05, 4.69) is 0 Å². The highest BCUT2D eigenvalue weighted by atomic mass is 32.2. The van der Waals surface area contributed by atoms with E-state index in [-0.39, 0.29) is 17.2 Å². The molecule has 0 spiro atoms. The minimum absolute atomic E-state index is 0.134. The second kappa shape index (κ2) is 6.90. The lowest BCUT2D eigenvalue weighted by Gasteiger charge is -2.19. The minimum atomic E-state index is -3.62. The van der Waals surface area contributed by atoms with Crippen LogP contribution in [0.2, 0.25) is 0 Å². The Labute approximate surface area is 132 Å². The van der Waals surface area contributed by atoms with E-state index in [1.165, 1.54) is 25.1 Å². The zero-order valence-corrected chi connectivity index (χ0v) is 14.4. The molecule has 22 heavy (non-hydrogen) atoms. The van der Waals surface area contributed by atoms with Gasteiger partial charge in [-0.05, 0) is 37.1 Å². The van der Waals surface area contributed by atoms with Gasteiger partial charge in [0, 0.05) is 33.3 Å². The van der Waals surface area contributed by atoms with Crippen molar-refractivity contribution >= 4 is 15.9 Å². The van der Waals surface area contributed by atoms with E-state index in [9.17, 15) is 13.2 Å². The third-order valence-electron chi connectivity index (χ3n) is 3.53. The standard InChI is InChI=1S/C15H21N3O3S/c1-11-9-13(15(19)18(5)8-6-7-16)10-14(12(11)2)22(20,21)17(3)4/h9-10H,6,8H2,1-5H3. The summed E-state index contributed by atoms with van der Waals surface area (Å²) in [5.41, 5.74) is 1.67. The van der Waals surface area contributed by atoms with Crippen LogP contribution in [-0.4, -0.2) is 51.2 Å². The van der Waals surface area contributed by atoms with Crippen molar-refractivity contribution in [2.24, 2.45) is 0 Å². The van der Waals surface area contributed by atoms with Crippen molar-refractivity contribution in [3.63, 3.8) is 0 Å². The highest BCUT2D eigenvalue weighted by Gasteiger charge is 2.23. The molecule has 1 aromatic rings. The molecule has 1 rings (SSSR count). The number of aryl methyl sites for hydroxylation is 1. The van der Waals surface area contributed by atoms with Gasteiger partial charge in [-0.1, -0.05) is 0 Å². The number of benzene rings is 1. The summed E-state index contributed by atoms with van der Waals surface area (Å²) in [4.78, 5) is 13.9. The number of nitrogens with zero attached hydrogens (tertiary/aromatic N) is 3. The third-order valence-corrected chi connectivity index (χ3v) is 5.47. The van der Waals surface area contributed by atoms with E-state index in [0.717, 1.165) is 9.87 Å². The Kier molecular flexibility index (Phi) is 5.69. The molecule has 0 bridgehead atoms. The Morgan fingerprint density at radius 3 is 2.32 bits per heavy atom. The van der Waals surface area contributed by atoms with Gasteiger partial charge in [0.1, 0.15) is 0 Å². The van der Waals surface area contributed by atoms with Gasteiger partial charge in [0.2, 0.25) is 10.0 Å². The van der Waals surface area contributed by atoms with E-state index < -0.39 is 10.0 Å². The first kappa shape index (κ1) is 18.1. The average Bonchev–Trinajstić information content (AvgIpc) is 2.46. The Morgan fingerprint density at radius 2 is 1.82 bits per heavy atom. The van der Waals surface area contributed by atoms with Crippen molar-refractivity contribution in [1.29, 1.82) is 5.26 Å². The van der Waals surface area contributed by atoms with E-state index in [4.69, 9.17) is 5.26 Å². The maximum atomic E-state index is 12.4. The second-order valence-electron chi connectivity index (χ2n) is 5.34. The number of carbonyl (C=O) groups is 1. The molecule has 0 unspecified atom stereocenters. The molecule has 0 radical (unpaired) electrons.